The summed E-state index contributed by atoms with van der Waals surface area (Å²) >= 11 is 0. The topological polar surface area (TPSA) is 38.0 Å². The summed E-state index contributed by atoms with van der Waals surface area (Å²) in [6, 6.07) is 0.383. The molecule has 0 bridgehead atoms. The van der Waals surface area contributed by atoms with Crippen molar-refractivity contribution in [3.8, 4) is 0 Å². The van der Waals surface area contributed by atoms with E-state index in [1.54, 1.807) is 0 Å². The van der Waals surface area contributed by atoms with Crippen molar-refractivity contribution in [1.82, 2.24) is 5.32 Å². The van der Waals surface area contributed by atoms with Crippen molar-refractivity contribution in [2.45, 2.75) is 26.3 Å². The van der Waals surface area contributed by atoms with Gasteiger partial charge in [0.15, 0.2) is 0 Å². The van der Waals surface area contributed by atoms with Gasteiger partial charge in [-0.05, 0) is 24.8 Å². The summed E-state index contributed by atoms with van der Waals surface area (Å²) in [7, 11) is 0. The largest absolute Gasteiger partial charge is 0.326 e. The molecule has 0 amide bonds. The van der Waals surface area contributed by atoms with Crippen LogP contribution in [0.3, 0.4) is 0 Å². The van der Waals surface area contributed by atoms with E-state index in [4.69, 9.17) is 5.73 Å². The van der Waals surface area contributed by atoms with E-state index in [1.165, 1.54) is 6.42 Å². The highest BCUT2D eigenvalue weighted by Crippen LogP contribution is 2.19. The molecule has 60 valence electrons. The van der Waals surface area contributed by atoms with Crippen LogP contribution in [0, 0.1) is 11.8 Å². The quantitative estimate of drug-likeness (QED) is 0.562. The van der Waals surface area contributed by atoms with Crippen molar-refractivity contribution >= 4 is 0 Å². The monoisotopic (exact) mass is 142 g/mol. The molecule has 1 rings (SSSR count). The van der Waals surface area contributed by atoms with Crippen LogP contribution in [0.5, 0.6) is 0 Å². The first kappa shape index (κ1) is 8.02. The second-order valence-corrected chi connectivity index (χ2v) is 3.56. The van der Waals surface area contributed by atoms with Crippen LogP contribution < -0.4 is 11.1 Å². The summed E-state index contributed by atoms with van der Waals surface area (Å²) in [5, 5.41) is 3.29. The van der Waals surface area contributed by atoms with Crippen LogP contribution in [-0.2, 0) is 0 Å². The van der Waals surface area contributed by atoms with E-state index in [9.17, 15) is 0 Å². The summed E-state index contributed by atoms with van der Waals surface area (Å²) in [6.45, 7) is 6.67. The van der Waals surface area contributed by atoms with Crippen LogP contribution in [0.25, 0.3) is 0 Å². The third kappa shape index (κ3) is 1.70. The van der Waals surface area contributed by atoms with E-state index < -0.39 is 0 Å². The molecule has 0 aromatic carbocycles. The van der Waals surface area contributed by atoms with E-state index in [0.717, 1.165) is 24.9 Å². The molecule has 2 nitrogen and oxygen atoms in total. The number of hydrogen-bond donors (Lipinski definition) is 2. The third-order valence-electron chi connectivity index (χ3n) is 2.44. The van der Waals surface area contributed by atoms with Crippen molar-refractivity contribution in [2.75, 3.05) is 13.1 Å². The molecule has 0 aromatic rings. The fraction of sp³-hybridized carbons (Fsp3) is 1.00. The lowest BCUT2D eigenvalue weighted by Crippen LogP contribution is -2.47. The Morgan fingerprint density at radius 3 is 2.60 bits per heavy atom. The number of nitrogens with one attached hydrogen (secondary N) is 1. The van der Waals surface area contributed by atoms with Gasteiger partial charge < -0.3 is 11.1 Å². The van der Waals surface area contributed by atoms with E-state index in [-0.39, 0.29) is 0 Å². The molecule has 2 atom stereocenters. The molecule has 0 saturated carbocycles. The first-order valence-corrected chi connectivity index (χ1v) is 4.18. The van der Waals surface area contributed by atoms with Gasteiger partial charge in [-0.15, -0.1) is 0 Å². The fourth-order valence-corrected chi connectivity index (χ4v) is 1.73. The molecule has 2 unspecified atom stereocenters. The average Bonchev–Trinajstić information content (AvgIpc) is 1.88. The lowest BCUT2D eigenvalue weighted by Gasteiger charge is -2.32. The van der Waals surface area contributed by atoms with Crippen LogP contribution in [0.4, 0.5) is 0 Å². The highest BCUT2D eigenvalue weighted by molar-refractivity contribution is 4.82. The molecule has 1 fully saturated rings. The Kier molecular flexibility index (Phi) is 2.69. The van der Waals surface area contributed by atoms with Crippen molar-refractivity contribution in [3.05, 3.63) is 0 Å². The van der Waals surface area contributed by atoms with Gasteiger partial charge in [-0.25, -0.2) is 0 Å². The smallest absolute Gasteiger partial charge is 0.0196 e. The van der Waals surface area contributed by atoms with Gasteiger partial charge in [0.05, 0.1) is 0 Å². The van der Waals surface area contributed by atoms with Gasteiger partial charge in [0, 0.05) is 12.6 Å². The number of hydrogen-bond acceptors (Lipinski definition) is 2. The van der Waals surface area contributed by atoms with E-state index in [0.29, 0.717) is 6.04 Å². The summed E-state index contributed by atoms with van der Waals surface area (Å²) in [5.41, 5.74) is 5.92. The molecular formula is C8H18N2. The Labute approximate surface area is 63.2 Å². The molecule has 10 heavy (non-hydrogen) atoms. The lowest BCUT2D eigenvalue weighted by molar-refractivity contribution is 0.253. The molecule has 1 heterocycles. The van der Waals surface area contributed by atoms with Gasteiger partial charge in [-0.1, -0.05) is 13.8 Å². The maximum Gasteiger partial charge on any atom is 0.0196 e. The molecule has 0 aliphatic carbocycles. The van der Waals surface area contributed by atoms with Gasteiger partial charge in [-0.3, -0.25) is 0 Å². The van der Waals surface area contributed by atoms with Crippen molar-refractivity contribution < 1.29 is 0 Å². The van der Waals surface area contributed by atoms with Gasteiger partial charge >= 0.3 is 0 Å². The summed E-state index contributed by atoms with van der Waals surface area (Å²) in [6.07, 6.45) is 1.25. The van der Waals surface area contributed by atoms with Gasteiger partial charge in [0.1, 0.15) is 0 Å². The Hall–Kier alpha value is -0.0800. The zero-order valence-corrected chi connectivity index (χ0v) is 6.93. The first-order valence-electron chi connectivity index (χ1n) is 4.18. The lowest BCUT2D eigenvalue weighted by atomic mass is 9.84. The average molecular weight is 142 g/mol. The molecule has 1 aliphatic heterocycles. The maximum atomic E-state index is 5.92. The zero-order valence-electron chi connectivity index (χ0n) is 6.93. The van der Waals surface area contributed by atoms with Crippen molar-refractivity contribution in [3.63, 3.8) is 0 Å². The molecule has 0 radical (unpaired) electrons. The molecule has 3 N–H and O–H groups in total. The molecule has 2 heteroatoms. The predicted molar refractivity (Wildman–Crippen MR) is 43.8 cm³/mol. The third-order valence-corrected chi connectivity index (χ3v) is 2.44. The summed E-state index contributed by atoms with van der Waals surface area (Å²) < 4.78 is 0. The van der Waals surface area contributed by atoms with Crippen LogP contribution in [-0.4, -0.2) is 19.1 Å². The number of nitrogens with two attached hydrogens (primary N) is 1. The molecule has 0 spiro atoms. The highest BCUT2D eigenvalue weighted by Gasteiger charge is 2.23. The molecule has 0 aromatic heterocycles. The SMILES string of the molecule is CC(C)C1CCNCC1N. The van der Waals surface area contributed by atoms with E-state index in [1.807, 2.05) is 0 Å². The van der Waals surface area contributed by atoms with Crippen molar-refractivity contribution in [1.29, 1.82) is 0 Å². The Bertz CT molecular complexity index is 101. The zero-order chi connectivity index (χ0) is 7.56. The number of rotatable bonds is 1. The van der Waals surface area contributed by atoms with Crippen molar-refractivity contribution in [2.24, 2.45) is 17.6 Å². The van der Waals surface area contributed by atoms with Crippen LogP contribution in [0.2, 0.25) is 0 Å². The minimum absolute atomic E-state index is 0.383. The summed E-state index contributed by atoms with van der Waals surface area (Å²) in [5.74, 6) is 1.48. The standard InChI is InChI=1S/C8H18N2/c1-6(2)7-3-4-10-5-8(7)9/h6-8,10H,3-5,9H2,1-2H3. The Balaban J connectivity index is 2.40. The summed E-state index contributed by atoms with van der Waals surface area (Å²) in [4.78, 5) is 0. The predicted octanol–water partition coefficient (Wildman–Crippen LogP) is 0.579. The second kappa shape index (κ2) is 3.35. The maximum absolute atomic E-state index is 5.92. The molecule has 1 aliphatic rings. The van der Waals surface area contributed by atoms with Crippen LogP contribution >= 0.6 is 0 Å². The minimum Gasteiger partial charge on any atom is -0.326 e. The van der Waals surface area contributed by atoms with E-state index in [2.05, 4.69) is 19.2 Å². The van der Waals surface area contributed by atoms with E-state index >= 15 is 0 Å². The Morgan fingerprint density at radius 1 is 1.50 bits per heavy atom. The normalized spacial score (nSPS) is 34.8. The van der Waals surface area contributed by atoms with Gasteiger partial charge in [-0.2, -0.15) is 0 Å². The molecule has 1 saturated heterocycles. The Morgan fingerprint density at radius 2 is 2.20 bits per heavy atom. The van der Waals surface area contributed by atoms with Crippen LogP contribution in [0.15, 0.2) is 0 Å². The highest BCUT2D eigenvalue weighted by atomic mass is 14.9. The first-order chi connectivity index (χ1) is 4.72. The minimum atomic E-state index is 0.383. The van der Waals surface area contributed by atoms with Gasteiger partial charge in [0.2, 0.25) is 0 Å². The second-order valence-electron chi connectivity index (χ2n) is 3.56. The molecular weight excluding hydrogens is 124 g/mol. The fourth-order valence-electron chi connectivity index (χ4n) is 1.73. The van der Waals surface area contributed by atoms with Crippen LogP contribution in [0.1, 0.15) is 20.3 Å². The van der Waals surface area contributed by atoms with Gasteiger partial charge in [0.25, 0.3) is 0 Å². The number of piperidine rings is 1.